The summed E-state index contributed by atoms with van der Waals surface area (Å²) >= 11 is 1.42. The Morgan fingerprint density at radius 3 is 3.00 bits per heavy atom. The van der Waals surface area contributed by atoms with E-state index in [1.807, 2.05) is 17.9 Å². The molecule has 2 aromatic rings. The molecule has 1 aliphatic heterocycles. The lowest BCUT2D eigenvalue weighted by Crippen LogP contribution is -2.51. The van der Waals surface area contributed by atoms with Crippen molar-refractivity contribution in [3.63, 3.8) is 0 Å². The van der Waals surface area contributed by atoms with E-state index in [4.69, 9.17) is 5.73 Å². The molecule has 2 atom stereocenters. The van der Waals surface area contributed by atoms with Gasteiger partial charge in [0.15, 0.2) is 0 Å². The van der Waals surface area contributed by atoms with Gasteiger partial charge in [-0.05, 0) is 43.4 Å². The third kappa shape index (κ3) is 3.21. The van der Waals surface area contributed by atoms with Gasteiger partial charge in [0.1, 0.15) is 11.5 Å². The Kier molecular flexibility index (Phi) is 4.96. The summed E-state index contributed by atoms with van der Waals surface area (Å²) in [7, 11) is 0. The van der Waals surface area contributed by atoms with Gasteiger partial charge in [0.05, 0.1) is 9.88 Å². The number of aromatic nitrogens is 1. The van der Waals surface area contributed by atoms with Crippen LogP contribution in [0.1, 0.15) is 35.3 Å². The third-order valence-corrected chi connectivity index (χ3v) is 5.66. The molecule has 0 radical (unpaired) electrons. The topological polar surface area (TPSA) is 59.2 Å². The first-order valence-electron chi connectivity index (χ1n) is 8.25. The first-order valence-corrected chi connectivity index (χ1v) is 9.07. The van der Waals surface area contributed by atoms with E-state index in [0.717, 1.165) is 22.7 Å². The van der Waals surface area contributed by atoms with Gasteiger partial charge in [-0.15, -0.1) is 11.3 Å². The summed E-state index contributed by atoms with van der Waals surface area (Å²) in [5, 5.41) is 0.798. The molecule has 0 saturated carbocycles. The molecule has 1 amide bonds. The Labute approximate surface area is 145 Å². The number of likely N-dealkylation sites (tertiary alicyclic amines) is 1. The van der Waals surface area contributed by atoms with Crippen LogP contribution in [0.2, 0.25) is 0 Å². The van der Waals surface area contributed by atoms with Crippen molar-refractivity contribution in [2.75, 3.05) is 13.1 Å². The third-order valence-electron chi connectivity index (χ3n) is 4.64. The summed E-state index contributed by atoms with van der Waals surface area (Å²) in [5.74, 6) is -0.0333. The Bertz CT molecular complexity index is 746. The minimum atomic E-state index is -0.316. The van der Waals surface area contributed by atoms with Gasteiger partial charge in [-0.25, -0.2) is 9.37 Å². The zero-order chi connectivity index (χ0) is 17.3. The molecule has 0 bridgehead atoms. The first kappa shape index (κ1) is 17.0. The molecule has 1 aliphatic rings. The molecule has 6 heteroatoms. The number of aryl methyl sites for hydroxylation is 1. The van der Waals surface area contributed by atoms with E-state index in [2.05, 4.69) is 11.9 Å². The summed E-state index contributed by atoms with van der Waals surface area (Å²) < 4.78 is 13.6. The second-order valence-corrected chi connectivity index (χ2v) is 7.55. The predicted molar refractivity (Wildman–Crippen MR) is 94.5 cm³/mol. The second-order valence-electron chi connectivity index (χ2n) is 6.34. The molecule has 2 heterocycles. The highest BCUT2D eigenvalue weighted by Crippen LogP contribution is 2.33. The van der Waals surface area contributed by atoms with Gasteiger partial charge in [0.25, 0.3) is 5.91 Å². The maximum absolute atomic E-state index is 13.6. The van der Waals surface area contributed by atoms with E-state index in [-0.39, 0.29) is 17.8 Å². The van der Waals surface area contributed by atoms with Gasteiger partial charge < -0.3 is 10.6 Å². The SMILES string of the molecule is Cc1nc(C(=O)N2CCCC(C)C2CN)c(-c2cccc(F)c2)s1. The van der Waals surface area contributed by atoms with Crippen LogP contribution < -0.4 is 5.73 Å². The molecule has 128 valence electrons. The van der Waals surface area contributed by atoms with Crippen molar-refractivity contribution in [3.8, 4) is 10.4 Å². The normalized spacial score (nSPS) is 21.1. The van der Waals surface area contributed by atoms with Crippen LogP contribution in [0, 0.1) is 18.7 Å². The molecule has 3 rings (SSSR count). The number of benzene rings is 1. The van der Waals surface area contributed by atoms with Gasteiger partial charge in [-0.2, -0.15) is 0 Å². The van der Waals surface area contributed by atoms with Gasteiger partial charge in [0.2, 0.25) is 0 Å². The van der Waals surface area contributed by atoms with Crippen molar-refractivity contribution in [2.45, 2.75) is 32.7 Å². The van der Waals surface area contributed by atoms with Crippen LogP contribution in [-0.4, -0.2) is 34.9 Å². The number of nitrogens with zero attached hydrogens (tertiary/aromatic N) is 2. The monoisotopic (exact) mass is 347 g/mol. The standard InChI is InChI=1S/C18H22FN3OS/c1-11-5-4-8-22(15(11)10-20)18(23)16-17(24-12(2)21-16)13-6-3-7-14(19)9-13/h3,6-7,9,11,15H,4-5,8,10,20H2,1-2H3. The molecule has 2 unspecified atom stereocenters. The van der Waals surface area contributed by atoms with Crippen molar-refractivity contribution in [1.29, 1.82) is 0 Å². The fourth-order valence-corrected chi connectivity index (χ4v) is 4.30. The predicted octanol–water partition coefficient (Wildman–Crippen LogP) is 3.46. The molecule has 2 N–H and O–H groups in total. The number of hydrogen-bond acceptors (Lipinski definition) is 4. The van der Waals surface area contributed by atoms with Crippen molar-refractivity contribution in [2.24, 2.45) is 11.7 Å². The van der Waals surface area contributed by atoms with Gasteiger partial charge in [-0.1, -0.05) is 19.1 Å². The molecule has 0 spiro atoms. The lowest BCUT2D eigenvalue weighted by molar-refractivity contribution is 0.0528. The fourth-order valence-electron chi connectivity index (χ4n) is 3.39. The van der Waals surface area contributed by atoms with E-state index in [1.54, 1.807) is 6.07 Å². The Hall–Kier alpha value is -1.79. The van der Waals surface area contributed by atoms with Gasteiger partial charge >= 0.3 is 0 Å². The van der Waals surface area contributed by atoms with Gasteiger partial charge in [0, 0.05) is 19.1 Å². The zero-order valence-electron chi connectivity index (χ0n) is 14.0. The lowest BCUT2D eigenvalue weighted by atomic mass is 9.90. The quantitative estimate of drug-likeness (QED) is 0.925. The molecule has 24 heavy (non-hydrogen) atoms. The van der Waals surface area contributed by atoms with Crippen molar-refractivity contribution in [1.82, 2.24) is 9.88 Å². The van der Waals surface area contributed by atoms with Crippen LogP contribution in [-0.2, 0) is 0 Å². The largest absolute Gasteiger partial charge is 0.333 e. The molecular weight excluding hydrogens is 325 g/mol. The molecule has 1 fully saturated rings. The maximum atomic E-state index is 13.6. The summed E-state index contributed by atoms with van der Waals surface area (Å²) in [6.45, 7) is 5.15. The summed E-state index contributed by atoms with van der Waals surface area (Å²) in [6, 6.07) is 6.35. The lowest BCUT2D eigenvalue weighted by Gasteiger charge is -2.39. The smallest absolute Gasteiger partial charge is 0.274 e. The minimum absolute atomic E-state index is 0.0358. The minimum Gasteiger partial charge on any atom is -0.333 e. The molecule has 1 saturated heterocycles. The molecular formula is C18H22FN3OS. The Morgan fingerprint density at radius 1 is 1.50 bits per heavy atom. The number of piperidine rings is 1. The highest BCUT2D eigenvalue weighted by Gasteiger charge is 2.33. The molecule has 1 aromatic heterocycles. The molecule has 4 nitrogen and oxygen atoms in total. The average Bonchev–Trinajstić information content (AvgIpc) is 2.96. The number of nitrogens with two attached hydrogens (primary N) is 1. The number of carbonyl (C=O) groups is 1. The summed E-state index contributed by atoms with van der Waals surface area (Å²) in [4.78, 5) is 20.2. The Morgan fingerprint density at radius 2 is 2.29 bits per heavy atom. The average molecular weight is 347 g/mol. The van der Waals surface area contributed by atoms with E-state index < -0.39 is 0 Å². The van der Waals surface area contributed by atoms with E-state index >= 15 is 0 Å². The van der Waals surface area contributed by atoms with Crippen LogP contribution in [0.5, 0.6) is 0 Å². The Balaban J connectivity index is 1.99. The second kappa shape index (κ2) is 6.99. The van der Waals surface area contributed by atoms with Crippen molar-refractivity contribution in [3.05, 3.63) is 40.8 Å². The van der Waals surface area contributed by atoms with E-state index in [0.29, 0.717) is 30.3 Å². The molecule has 0 aliphatic carbocycles. The number of thiazole rings is 1. The summed E-state index contributed by atoms with van der Waals surface area (Å²) in [5.41, 5.74) is 7.02. The number of halogens is 1. The summed E-state index contributed by atoms with van der Waals surface area (Å²) in [6.07, 6.45) is 2.06. The van der Waals surface area contributed by atoms with Crippen LogP contribution >= 0.6 is 11.3 Å². The van der Waals surface area contributed by atoms with Crippen LogP contribution in [0.3, 0.4) is 0 Å². The van der Waals surface area contributed by atoms with Crippen LogP contribution in [0.25, 0.3) is 10.4 Å². The van der Waals surface area contributed by atoms with E-state index in [1.165, 1.54) is 23.5 Å². The fraction of sp³-hybridized carbons (Fsp3) is 0.444. The van der Waals surface area contributed by atoms with Crippen LogP contribution in [0.4, 0.5) is 4.39 Å². The first-order chi connectivity index (χ1) is 11.5. The number of hydrogen-bond donors (Lipinski definition) is 1. The zero-order valence-corrected chi connectivity index (χ0v) is 14.8. The number of carbonyl (C=O) groups excluding carboxylic acids is 1. The maximum Gasteiger partial charge on any atom is 0.274 e. The van der Waals surface area contributed by atoms with Crippen molar-refractivity contribution >= 4 is 17.2 Å². The van der Waals surface area contributed by atoms with Crippen molar-refractivity contribution < 1.29 is 9.18 Å². The number of amides is 1. The highest BCUT2D eigenvalue weighted by atomic mass is 32.1. The van der Waals surface area contributed by atoms with E-state index in [9.17, 15) is 9.18 Å². The van der Waals surface area contributed by atoms with Crippen LogP contribution in [0.15, 0.2) is 24.3 Å². The molecule has 1 aromatic carbocycles. The number of rotatable bonds is 3. The highest BCUT2D eigenvalue weighted by molar-refractivity contribution is 7.15. The van der Waals surface area contributed by atoms with Gasteiger partial charge in [-0.3, -0.25) is 4.79 Å².